The van der Waals surface area contributed by atoms with Crippen molar-refractivity contribution >= 4 is 11.3 Å². The molecule has 1 aromatic carbocycles. The van der Waals surface area contributed by atoms with E-state index in [1.54, 1.807) is 0 Å². The summed E-state index contributed by atoms with van der Waals surface area (Å²) in [5.41, 5.74) is 2.46. The lowest BCUT2D eigenvalue weighted by Crippen LogP contribution is -2.18. The van der Waals surface area contributed by atoms with Crippen molar-refractivity contribution < 1.29 is 0 Å². The third kappa shape index (κ3) is 3.88. The molecule has 1 heterocycles. The minimum Gasteiger partial charge on any atom is -0.312 e. The van der Waals surface area contributed by atoms with Gasteiger partial charge < -0.3 is 5.32 Å². The SMILES string of the molecule is CCc1nc(-c2ccccc2)sc1CNCC(C)C. The molecule has 19 heavy (non-hydrogen) atoms. The van der Waals surface area contributed by atoms with Crippen molar-refractivity contribution in [2.75, 3.05) is 6.54 Å². The zero-order valence-corrected chi connectivity index (χ0v) is 12.8. The van der Waals surface area contributed by atoms with Crippen LogP contribution in [0, 0.1) is 5.92 Å². The Morgan fingerprint density at radius 1 is 1.21 bits per heavy atom. The number of hydrogen-bond donors (Lipinski definition) is 1. The van der Waals surface area contributed by atoms with E-state index in [2.05, 4.69) is 50.4 Å². The highest BCUT2D eigenvalue weighted by atomic mass is 32.1. The molecule has 0 atom stereocenters. The molecule has 0 aliphatic rings. The number of aromatic nitrogens is 1. The van der Waals surface area contributed by atoms with Gasteiger partial charge in [-0.2, -0.15) is 0 Å². The van der Waals surface area contributed by atoms with Crippen LogP contribution in [0.25, 0.3) is 10.6 Å². The molecule has 0 unspecified atom stereocenters. The highest BCUT2D eigenvalue weighted by molar-refractivity contribution is 7.15. The van der Waals surface area contributed by atoms with E-state index < -0.39 is 0 Å². The predicted molar refractivity (Wildman–Crippen MR) is 83.5 cm³/mol. The van der Waals surface area contributed by atoms with Gasteiger partial charge in [-0.1, -0.05) is 51.1 Å². The fourth-order valence-electron chi connectivity index (χ4n) is 1.98. The molecule has 1 aromatic heterocycles. The van der Waals surface area contributed by atoms with Crippen LogP contribution in [-0.2, 0) is 13.0 Å². The second kappa shape index (κ2) is 6.83. The van der Waals surface area contributed by atoms with Crippen molar-refractivity contribution in [3.8, 4) is 10.6 Å². The molecular weight excluding hydrogens is 252 g/mol. The van der Waals surface area contributed by atoms with Crippen LogP contribution in [0.1, 0.15) is 31.3 Å². The van der Waals surface area contributed by atoms with Gasteiger partial charge in [0.25, 0.3) is 0 Å². The predicted octanol–water partition coefficient (Wildman–Crippen LogP) is 4.12. The molecule has 0 radical (unpaired) electrons. The maximum absolute atomic E-state index is 4.78. The lowest BCUT2D eigenvalue weighted by molar-refractivity contribution is 0.553. The lowest BCUT2D eigenvalue weighted by Gasteiger charge is -2.06. The fraction of sp³-hybridized carbons (Fsp3) is 0.438. The molecule has 0 fully saturated rings. The summed E-state index contributed by atoms with van der Waals surface area (Å²) in [4.78, 5) is 6.15. The Bertz CT molecular complexity index is 503. The van der Waals surface area contributed by atoms with Gasteiger partial charge in [-0.05, 0) is 18.9 Å². The fourth-order valence-corrected chi connectivity index (χ4v) is 3.10. The molecule has 2 rings (SSSR count). The molecule has 0 bridgehead atoms. The van der Waals surface area contributed by atoms with Crippen molar-refractivity contribution in [3.05, 3.63) is 40.9 Å². The van der Waals surface area contributed by atoms with E-state index in [1.807, 2.05) is 17.4 Å². The van der Waals surface area contributed by atoms with Gasteiger partial charge in [0.2, 0.25) is 0 Å². The monoisotopic (exact) mass is 274 g/mol. The Balaban J connectivity index is 2.13. The number of nitrogens with zero attached hydrogens (tertiary/aromatic N) is 1. The first-order chi connectivity index (χ1) is 9.20. The summed E-state index contributed by atoms with van der Waals surface area (Å²) in [6, 6.07) is 10.4. The summed E-state index contributed by atoms with van der Waals surface area (Å²) in [6.07, 6.45) is 1.00. The molecule has 2 aromatic rings. The van der Waals surface area contributed by atoms with E-state index in [9.17, 15) is 0 Å². The number of thiazole rings is 1. The average Bonchev–Trinajstić information content (AvgIpc) is 2.83. The minimum atomic E-state index is 0.687. The Kier molecular flexibility index (Phi) is 5.11. The second-order valence-electron chi connectivity index (χ2n) is 5.13. The van der Waals surface area contributed by atoms with Crippen LogP contribution < -0.4 is 5.32 Å². The minimum absolute atomic E-state index is 0.687. The lowest BCUT2D eigenvalue weighted by atomic mass is 10.2. The molecule has 0 spiro atoms. The van der Waals surface area contributed by atoms with Crippen LogP contribution in [-0.4, -0.2) is 11.5 Å². The molecule has 0 amide bonds. The van der Waals surface area contributed by atoms with Crippen molar-refractivity contribution in [1.82, 2.24) is 10.3 Å². The number of rotatable bonds is 6. The maximum Gasteiger partial charge on any atom is 0.123 e. The summed E-state index contributed by atoms with van der Waals surface area (Å²) >= 11 is 1.82. The third-order valence-corrected chi connectivity index (χ3v) is 4.12. The Labute approximate surface area is 119 Å². The quantitative estimate of drug-likeness (QED) is 0.857. The van der Waals surface area contributed by atoms with Gasteiger partial charge in [-0.3, -0.25) is 0 Å². The summed E-state index contributed by atoms with van der Waals surface area (Å²) in [6.45, 7) is 8.63. The van der Waals surface area contributed by atoms with E-state index in [0.717, 1.165) is 24.5 Å². The highest BCUT2D eigenvalue weighted by Gasteiger charge is 2.10. The zero-order chi connectivity index (χ0) is 13.7. The van der Waals surface area contributed by atoms with E-state index in [0.29, 0.717) is 5.92 Å². The first-order valence-corrected chi connectivity index (χ1v) is 7.77. The molecule has 0 aliphatic heterocycles. The first kappa shape index (κ1) is 14.2. The van der Waals surface area contributed by atoms with E-state index in [4.69, 9.17) is 4.98 Å². The smallest absolute Gasteiger partial charge is 0.123 e. The highest BCUT2D eigenvalue weighted by Crippen LogP contribution is 2.28. The molecule has 102 valence electrons. The summed E-state index contributed by atoms with van der Waals surface area (Å²) in [7, 11) is 0. The Morgan fingerprint density at radius 2 is 1.95 bits per heavy atom. The van der Waals surface area contributed by atoms with Gasteiger partial charge in [0.15, 0.2) is 0 Å². The first-order valence-electron chi connectivity index (χ1n) is 6.95. The normalized spacial score (nSPS) is 11.2. The largest absolute Gasteiger partial charge is 0.312 e. The number of aryl methyl sites for hydroxylation is 1. The van der Waals surface area contributed by atoms with E-state index >= 15 is 0 Å². The molecular formula is C16H22N2S. The van der Waals surface area contributed by atoms with Crippen molar-refractivity contribution in [3.63, 3.8) is 0 Å². The van der Waals surface area contributed by atoms with Crippen molar-refractivity contribution in [1.29, 1.82) is 0 Å². The molecule has 0 saturated heterocycles. The number of nitrogens with one attached hydrogen (secondary N) is 1. The Morgan fingerprint density at radius 3 is 2.58 bits per heavy atom. The van der Waals surface area contributed by atoms with Gasteiger partial charge in [0, 0.05) is 17.0 Å². The third-order valence-electron chi connectivity index (χ3n) is 2.97. The molecule has 1 N–H and O–H groups in total. The molecule has 2 nitrogen and oxygen atoms in total. The maximum atomic E-state index is 4.78. The second-order valence-corrected chi connectivity index (χ2v) is 6.22. The molecule has 3 heteroatoms. The molecule has 0 saturated carbocycles. The zero-order valence-electron chi connectivity index (χ0n) is 11.9. The van der Waals surface area contributed by atoms with Gasteiger partial charge in [-0.25, -0.2) is 4.98 Å². The van der Waals surface area contributed by atoms with Crippen LogP contribution in [0.4, 0.5) is 0 Å². The van der Waals surface area contributed by atoms with Crippen LogP contribution in [0.15, 0.2) is 30.3 Å². The van der Waals surface area contributed by atoms with Crippen LogP contribution >= 0.6 is 11.3 Å². The Hall–Kier alpha value is -1.19. The average molecular weight is 274 g/mol. The van der Waals surface area contributed by atoms with E-state index in [-0.39, 0.29) is 0 Å². The number of hydrogen-bond acceptors (Lipinski definition) is 3. The summed E-state index contributed by atoms with van der Waals surface area (Å²) < 4.78 is 0. The standard InChI is InChI=1S/C16H22N2S/c1-4-14-15(11-17-10-12(2)3)19-16(18-14)13-8-6-5-7-9-13/h5-9,12,17H,4,10-11H2,1-3H3. The molecule has 0 aliphatic carbocycles. The van der Waals surface area contributed by atoms with Crippen LogP contribution in [0.2, 0.25) is 0 Å². The van der Waals surface area contributed by atoms with Gasteiger partial charge in [0.1, 0.15) is 5.01 Å². The van der Waals surface area contributed by atoms with Crippen molar-refractivity contribution in [2.24, 2.45) is 5.92 Å². The topological polar surface area (TPSA) is 24.9 Å². The van der Waals surface area contributed by atoms with Crippen LogP contribution in [0.5, 0.6) is 0 Å². The van der Waals surface area contributed by atoms with Gasteiger partial charge in [0.05, 0.1) is 5.69 Å². The number of benzene rings is 1. The van der Waals surface area contributed by atoms with E-state index in [1.165, 1.54) is 16.1 Å². The van der Waals surface area contributed by atoms with Crippen molar-refractivity contribution in [2.45, 2.75) is 33.7 Å². The summed E-state index contributed by atoms with van der Waals surface area (Å²) in [5.74, 6) is 0.687. The van der Waals surface area contributed by atoms with Gasteiger partial charge in [-0.15, -0.1) is 11.3 Å². The summed E-state index contributed by atoms with van der Waals surface area (Å²) in [5, 5.41) is 4.65. The van der Waals surface area contributed by atoms with Crippen LogP contribution in [0.3, 0.4) is 0 Å². The van der Waals surface area contributed by atoms with Gasteiger partial charge >= 0.3 is 0 Å².